The van der Waals surface area contributed by atoms with E-state index in [2.05, 4.69) is 4.98 Å². The number of nitrogens with zero attached hydrogens (tertiary/aromatic N) is 1. The molecular weight excluding hydrogens is 516 g/mol. The first-order valence-corrected chi connectivity index (χ1v) is 12.7. The summed E-state index contributed by atoms with van der Waals surface area (Å²) in [6.45, 7) is 0. The third-order valence-electron chi connectivity index (χ3n) is 7.48. The fourth-order valence-electron chi connectivity index (χ4n) is 5.47. The fourth-order valence-corrected chi connectivity index (χ4v) is 5.47. The Kier molecular flexibility index (Phi) is 7.59. The summed E-state index contributed by atoms with van der Waals surface area (Å²) in [6, 6.07) is 24.7. The van der Waals surface area contributed by atoms with Crippen molar-refractivity contribution >= 4 is 0 Å². The van der Waals surface area contributed by atoms with Crippen molar-refractivity contribution in [3.63, 3.8) is 0 Å². The second-order valence-electron chi connectivity index (χ2n) is 9.57. The van der Waals surface area contributed by atoms with Gasteiger partial charge in [-0.05, 0) is 41.0 Å². The first kappa shape index (κ1) is 27.4. The lowest BCUT2D eigenvalue weighted by Crippen LogP contribution is -2.52. The summed E-state index contributed by atoms with van der Waals surface area (Å²) in [5, 5.41) is 34.5. The Bertz CT molecular complexity index is 1500. The van der Waals surface area contributed by atoms with Crippen LogP contribution in [0.4, 0.5) is 0 Å². The molecule has 2 heterocycles. The van der Waals surface area contributed by atoms with Crippen LogP contribution in [-0.2, 0) is 10.2 Å². The molecule has 0 bridgehead atoms. The van der Waals surface area contributed by atoms with Gasteiger partial charge < -0.3 is 29.5 Å². The molecule has 3 aromatic carbocycles. The summed E-state index contributed by atoms with van der Waals surface area (Å²) in [7, 11) is 3.11. The van der Waals surface area contributed by atoms with Crippen molar-refractivity contribution in [3.05, 3.63) is 129 Å². The molecule has 4 N–H and O–H groups in total. The standard InChI is InChI=1S/C30H30N2O8/c1-38-21-12-8-19(9-13-21)30(18-6-4-3-5-7-18,20-10-14-22(39-2)15-11-20)27(36)26-24(34)25(35)28(40-26)32-17-16-23(33)31-29(32)37/h3-17,24-28,34-36H,1-2H3,(H,31,33,37)/t24-,25+,26-,27?,28+/m0/s1. The zero-order valence-electron chi connectivity index (χ0n) is 21.9. The maximum Gasteiger partial charge on any atom is 0.330 e. The van der Waals surface area contributed by atoms with Crippen LogP contribution in [0.25, 0.3) is 0 Å². The van der Waals surface area contributed by atoms with Crippen LogP contribution in [0.2, 0.25) is 0 Å². The number of aliphatic hydroxyl groups is 3. The molecule has 208 valence electrons. The van der Waals surface area contributed by atoms with Crippen LogP contribution < -0.4 is 20.7 Å². The van der Waals surface area contributed by atoms with Crippen molar-refractivity contribution in [1.82, 2.24) is 9.55 Å². The van der Waals surface area contributed by atoms with E-state index in [0.717, 1.165) is 10.6 Å². The molecule has 0 spiro atoms. The number of benzene rings is 3. The molecule has 40 heavy (non-hydrogen) atoms. The first-order chi connectivity index (χ1) is 19.3. The molecule has 1 aromatic heterocycles. The average Bonchev–Trinajstić information content (AvgIpc) is 3.28. The third kappa shape index (κ3) is 4.61. The van der Waals surface area contributed by atoms with Crippen LogP contribution in [0.3, 0.4) is 0 Å². The molecular formula is C30H30N2O8. The van der Waals surface area contributed by atoms with E-state index in [-0.39, 0.29) is 0 Å². The Morgan fingerprint density at radius 1 is 0.800 bits per heavy atom. The predicted octanol–water partition coefficient (Wildman–Crippen LogP) is 1.57. The Labute approximate surface area is 229 Å². The summed E-state index contributed by atoms with van der Waals surface area (Å²) in [6.07, 6.45) is -6.19. The lowest BCUT2D eigenvalue weighted by atomic mass is 9.64. The highest BCUT2D eigenvalue weighted by atomic mass is 16.6. The smallest absolute Gasteiger partial charge is 0.330 e. The molecule has 0 saturated carbocycles. The molecule has 0 aliphatic carbocycles. The molecule has 1 unspecified atom stereocenters. The Hall–Kier alpha value is -4.22. The number of rotatable bonds is 8. The number of H-pyrrole nitrogens is 1. The first-order valence-electron chi connectivity index (χ1n) is 12.7. The van der Waals surface area contributed by atoms with Gasteiger partial charge in [-0.3, -0.25) is 14.3 Å². The minimum Gasteiger partial charge on any atom is -0.497 e. The van der Waals surface area contributed by atoms with Gasteiger partial charge in [0, 0.05) is 12.3 Å². The van der Waals surface area contributed by atoms with Gasteiger partial charge in [0.05, 0.1) is 19.6 Å². The monoisotopic (exact) mass is 546 g/mol. The highest BCUT2D eigenvalue weighted by Crippen LogP contribution is 2.47. The molecule has 5 rings (SSSR count). The van der Waals surface area contributed by atoms with Crippen LogP contribution in [0.5, 0.6) is 11.5 Å². The molecule has 1 saturated heterocycles. The van der Waals surface area contributed by atoms with Gasteiger partial charge in [-0.1, -0.05) is 54.6 Å². The van der Waals surface area contributed by atoms with Crippen molar-refractivity contribution in [2.75, 3.05) is 14.2 Å². The average molecular weight is 547 g/mol. The van der Waals surface area contributed by atoms with E-state index < -0.39 is 47.3 Å². The third-order valence-corrected chi connectivity index (χ3v) is 7.48. The minimum atomic E-state index is -1.58. The van der Waals surface area contributed by atoms with Crippen molar-refractivity contribution in [2.45, 2.75) is 36.1 Å². The molecule has 4 aromatic rings. The van der Waals surface area contributed by atoms with E-state index in [9.17, 15) is 24.9 Å². The number of aromatic amines is 1. The lowest BCUT2D eigenvalue weighted by Gasteiger charge is -2.42. The number of methoxy groups -OCH3 is 2. The van der Waals surface area contributed by atoms with E-state index in [1.807, 2.05) is 54.6 Å². The van der Waals surface area contributed by atoms with Crippen LogP contribution >= 0.6 is 0 Å². The summed E-state index contributed by atoms with van der Waals surface area (Å²) < 4.78 is 17.8. The van der Waals surface area contributed by atoms with Crippen LogP contribution in [0.1, 0.15) is 22.9 Å². The molecule has 0 amide bonds. The van der Waals surface area contributed by atoms with Gasteiger partial charge in [-0.25, -0.2) is 4.79 Å². The lowest BCUT2D eigenvalue weighted by molar-refractivity contribution is -0.0992. The largest absolute Gasteiger partial charge is 0.497 e. The topological polar surface area (TPSA) is 143 Å². The number of aliphatic hydroxyl groups excluding tert-OH is 3. The van der Waals surface area contributed by atoms with Crippen LogP contribution in [0.15, 0.2) is 101 Å². The second kappa shape index (κ2) is 11.1. The number of hydrogen-bond acceptors (Lipinski definition) is 8. The van der Waals surface area contributed by atoms with E-state index >= 15 is 0 Å². The zero-order chi connectivity index (χ0) is 28.4. The molecule has 1 aliphatic rings. The minimum absolute atomic E-state index is 0.611. The number of hydrogen-bond donors (Lipinski definition) is 4. The van der Waals surface area contributed by atoms with Crippen molar-refractivity contribution < 1.29 is 29.5 Å². The molecule has 1 aliphatic heterocycles. The van der Waals surface area contributed by atoms with E-state index in [1.54, 1.807) is 38.5 Å². The van der Waals surface area contributed by atoms with Gasteiger partial charge in [0.25, 0.3) is 5.56 Å². The summed E-state index contributed by atoms with van der Waals surface area (Å²) in [5.74, 6) is 1.22. The Morgan fingerprint density at radius 3 is 1.82 bits per heavy atom. The van der Waals surface area contributed by atoms with Gasteiger partial charge in [0.1, 0.15) is 35.9 Å². The second-order valence-corrected chi connectivity index (χ2v) is 9.57. The highest BCUT2D eigenvalue weighted by Gasteiger charge is 2.55. The highest BCUT2D eigenvalue weighted by molar-refractivity contribution is 5.54. The van der Waals surface area contributed by atoms with Gasteiger partial charge in [0.15, 0.2) is 6.23 Å². The molecule has 5 atom stereocenters. The number of nitrogens with one attached hydrogen (secondary N) is 1. The molecule has 1 fully saturated rings. The molecule has 10 nitrogen and oxygen atoms in total. The van der Waals surface area contributed by atoms with Crippen molar-refractivity contribution in [3.8, 4) is 11.5 Å². The summed E-state index contributed by atoms with van der Waals surface area (Å²) >= 11 is 0. The van der Waals surface area contributed by atoms with Gasteiger partial charge >= 0.3 is 5.69 Å². The van der Waals surface area contributed by atoms with Gasteiger partial charge in [-0.15, -0.1) is 0 Å². The molecule has 10 heteroatoms. The predicted molar refractivity (Wildman–Crippen MR) is 146 cm³/mol. The number of ether oxygens (including phenoxy) is 3. The van der Waals surface area contributed by atoms with Crippen molar-refractivity contribution in [2.24, 2.45) is 0 Å². The maximum atomic E-state index is 12.5. The van der Waals surface area contributed by atoms with Gasteiger partial charge in [-0.2, -0.15) is 0 Å². The Balaban J connectivity index is 1.70. The van der Waals surface area contributed by atoms with Crippen LogP contribution in [0, 0.1) is 0 Å². The van der Waals surface area contributed by atoms with E-state index in [0.29, 0.717) is 28.2 Å². The van der Waals surface area contributed by atoms with E-state index in [1.165, 1.54) is 6.20 Å². The van der Waals surface area contributed by atoms with E-state index in [4.69, 9.17) is 14.2 Å². The number of aromatic nitrogens is 2. The summed E-state index contributed by atoms with van der Waals surface area (Å²) in [4.78, 5) is 26.2. The van der Waals surface area contributed by atoms with Gasteiger partial charge in [0.2, 0.25) is 0 Å². The Morgan fingerprint density at radius 2 is 1.32 bits per heavy atom. The van der Waals surface area contributed by atoms with Crippen molar-refractivity contribution in [1.29, 1.82) is 0 Å². The maximum absolute atomic E-state index is 12.5. The SMILES string of the molecule is COc1ccc(C(c2ccccc2)(c2ccc(OC)cc2)C(O)[C@H]2O[C@@H](n3ccc(=O)[nH]c3=O)[C@H](O)[C@@H]2O)cc1. The quantitative estimate of drug-likeness (QED) is 0.244. The molecule has 0 radical (unpaired) electrons. The fraction of sp³-hybridized carbons (Fsp3) is 0.267. The normalized spacial score (nSPS) is 21.6. The summed E-state index contributed by atoms with van der Waals surface area (Å²) in [5.41, 5.74) is -0.755. The zero-order valence-corrected chi connectivity index (χ0v) is 21.9. The van der Waals surface area contributed by atoms with Crippen LogP contribution in [-0.4, -0.2) is 63.5 Å².